The average Bonchev–Trinajstić information content (AvgIpc) is 3.66. The van der Waals surface area contributed by atoms with E-state index in [1.807, 2.05) is 18.2 Å². The van der Waals surface area contributed by atoms with Gasteiger partial charge in [-0.25, -0.2) is 15.0 Å². The number of nitrogens with zero attached hydrogens (tertiary/aromatic N) is 4. The molecule has 11 aromatic rings. The molecule has 0 aliphatic rings. The molecule has 4 nitrogen and oxygen atoms in total. The monoisotopic (exact) mass is 752 g/mol. The highest BCUT2D eigenvalue weighted by Gasteiger charge is 2.20. The zero-order valence-electron chi connectivity index (χ0n) is 32.1. The van der Waals surface area contributed by atoms with Gasteiger partial charge in [0, 0.05) is 33.0 Å². The van der Waals surface area contributed by atoms with Crippen molar-refractivity contribution in [2.45, 2.75) is 0 Å². The van der Waals surface area contributed by atoms with Crippen LogP contribution in [0.3, 0.4) is 0 Å². The van der Waals surface area contributed by atoms with Crippen molar-refractivity contribution < 1.29 is 0 Å². The molecule has 0 amide bonds. The van der Waals surface area contributed by atoms with E-state index in [1.165, 1.54) is 21.9 Å². The molecule has 0 aliphatic heterocycles. The van der Waals surface area contributed by atoms with Crippen LogP contribution in [0.5, 0.6) is 0 Å². The van der Waals surface area contributed by atoms with Crippen LogP contribution in [-0.2, 0) is 0 Å². The fourth-order valence-electron chi connectivity index (χ4n) is 8.42. The number of aromatic nitrogens is 4. The van der Waals surface area contributed by atoms with E-state index in [-0.39, 0.29) is 0 Å². The first-order chi connectivity index (χ1) is 29.2. The van der Waals surface area contributed by atoms with Gasteiger partial charge in [0.15, 0.2) is 17.5 Å². The Bertz CT molecular complexity index is 3200. The average molecular weight is 753 g/mol. The first kappa shape index (κ1) is 34.3. The van der Waals surface area contributed by atoms with Crippen LogP contribution in [0.15, 0.2) is 218 Å². The highest BCUT2D eigenvalue weighted by molar-refractivity contribution is 6.10. The summed E-state index contributed by atoms with van der Waals surface area (Å²) in [7, 11) is 0. The molecule has 0 bridgehead atoms. The highest BCUT2D eigenvalue weighted by Crippen LogP contribution is 2.41. The molecule has 0 aliphatic carbocycles. The second kappa shape index (κ2) is 14.5. The van der Waals surface area contributed by atoms with Crippen molar-refractivity contribution in [3.8, 4) is 73.2 Å². The van der Waals surface area contributed by atoms with Crippen molar-refractivity contribution in [3.63, 3.8) is 0 Å². The van der Waals surface area contributed by atoms with Crippen LogP contribution in [0, 0.1) is 0 Å². The quantitative estimate of drug-likeness (QED) is 0.163. The van der Waals surface area contributed by atoms with E-state index in [0.29, 0.717) is 17.5 Å². The fraction of sp³-hybridized carbons (Fsp3) is 0. The summed E-state index contributed by atoms with van der Waals surface area (Å²) in [4.78, 5) is 15.6. The minimum absolute atomic E-state index is 0.610. The van der Waals surface area contributed by atoms with E-state index < -0.39 is 0 Å². The molecule has 0 radical (unpaired) electrons. The van der Waals surface area contributed by atoms with Crippen molar-refractivity contribution in [3.05, 3.63) is 218 Å². The Hall–Kier alpha value is -7.95. The molecular formula is C55H36N4. The van der Waals surface area contributed by atoms with Gasteiger partial charge in [-0.2, -0.15) is 0 Å². The van der Waals surface area contributed by atoms with Crippen LogP contribution in [0.4, 0.5) is 0 Å². The van der Waals surface area contributed by atoms with Gasteiger partial charge in [0.05, 0.1) is 16.7 Å². The van der Waals surface area contributed by atoms with Crippen LogP contribution in [0.25, 0.3) is 106 Å². The Morgan fingerprint density at radius 1 is 0.271 bits per heavy atom. The predicted octanol–water partition coefficient (Wildman–Crippen LogP) is 14.1. The van der Waals surface area contributed by atoms with Gasteiger partial charge >= 0.3 is 0 Å². The molecule has 0 N–H and O–H groups in total. The van der Waals surface area contributed by atoms with Gasteiger partial charge in [-0.05, 0) is 75.0 Å². The Morgan fingerprint density at radius 3 is 1.37 bits per heavy atom. The van der Waals surface area contributed by atoms with E-state index >= 15 is 0 Å². The summed E-state index contributed by atoms with van der Waals surface area (Å²) < 4.78 is 2.41. The highest BCUT2D eigenvalue weighted by atomic mass is 15.0. The molecular weight excluding hydrogens is 717 g/mol. The maximum atomic E-state index is 5.28. The normalized spacial score (nSPS) is 11.4. The first-order valence-electron chi connectivity index (χ1n) is 19.9. The standard InChI is InChI=1S/C55H36N4/c1-4-17-37(18-5-1)42-33-43(38-19-6-2-7-20-38)35-44(34-42)46-32-31-41(36-52(46)59-50-29-14-12-26-47(50)48-27-13-15-30-51(48)59)54-56-53(40-22-8-3-9-23-40)57-55(58-54)49-28-16-24-39-21-10-11-25-45(39)49/h1-36H. The molecule has 0 saturated heterocycles. The minimum atomic E-state index is 0.610. The third-order valence-corrected chi connectivity index (χ3v) is 11.2. The van der Waals surface area contributed by atoms with Crippen LogP contribution in [0.2, 0.25) is 0 Å². The third-order valence-electron chi connectivity index (χ3n) is 11.2. The molecule has 0 atom stereocenters. The summed E-state index contributed by atoms with van der Waals surface area (Å²) >= 11 is 0. The SMILES string of the molecule is c1ccc(-c2cc(-c3ccccc3)cc(-c3ccc(-c4nc(-c5ccccc5)nc(-c5cccc6ccccc56)n4)cc3-n3c4ccccc4c4ccccc43)c2)cc1. The van der Waals surface area contributed by atoms with Gasteiger partial charge in [0.2, 0.25) is 0 Å². The zero-order chi connectivity index (χ0) is 39.1. The molecule has 9 aromatic carbocycles. The molecule has 0 unspecified atom stereocenters. The number of hydrogen-bond acceptors (Lipinski definition) is 3. The molecule has 0 spiro atoms. The molecule has 276 valence electrons. The number of fused-ring (bicyclic) bond motifs is 4. The Morgan fingerprint density at radius 2 is 0.746 bits per heavy atom. The first-order valence-corrected chi connectivity index (χ1v) is 19.9. The van der Waals surface area contributed by atoms with Crippen molar-refractivity contribution in [1.82, 2.24) is 19.5 Å². The Kier molecular flexibility index (Phi) is 8.45. The van der Waals surface area contributed by atoms with E-state index in [4.69, 9.17) is 15.0 Å². The van der Waals surface area contributed by atoms with Crippen LogP contribution >= 0.6 is 0 Å². The number of para-hydroxylation sites is 2. The molecule has 0 saturated carbocycles. The van der Waals surface area contributed by atoms with E-state index in [0.717, 1.165) is 66.4 Å². The lowest BCUT2D eigenvalue weighted by Gasteiger charge is -2.18. The minimum Gasteiger partial charge on any atom is -0.309 e. The summed E-state index contributed by atoms with van der Waals surface area (Å²) in [6, 6.07) is 77.2. The van der Waals surface area contributed by atoms with Crippen molar-refractivity contribution in [2.75, 3.05) is 0 Å². The summed E-state index contributed by atoms with van der Waals surface area (Å²) in [5.41, 5.74) is 13.0. The number of hydrogen-bond donors (Lipinski definition) is 0. The molecule has 0 fully saturated rings. The Balaban J connectivity index is 1.20. The molecule has 59 heavy (non-hydrogen) atoms. The maximum Gasteiger partial charge on any atom is 0.164 e. The summed E-state index contributed by atoms with van der Waals surface area (Å²) in [6.45, 7) is 0. The topological polar surface area (TPSA) is 43.6 Å². The predicted molar refractivity (Wildman–Crippen MR) is 244 cm³/mol. The molecule has 2 heterocycles. The van der Waals surface area contributed by atoms with E-state index in [1.54, 1.807) is 0 Å². The van der Waals surface area contributed by atoms with Crippen molar-refractivity contribution in [2.24, 2.45) is 0 Å². The molecule has 2 aromatic heterocycles. The van der Waals surface area contributed by atoms with Crippen LogP contribution in [0.1, 0.15) is 0 Å². The summed E-state index contributed by atoms with van der Waals surface area (Å²) in [5, 5.41) is 4.64. The smallest absolute Gasteiger partial charge is 0.164 e. The van der Waals surface area contributed by atoms with Gasteiger partial charge in [-0.1, -0.05) is 182 Å². The van der Waals surface area contributed by atoms with Crippen LogP contribution < -0.4 is 0 Å². The van der Waals surface area contributed by atoms with E-state index in [2.05, 4.69) is 205 Å². The van der Waals surface area contributed by atoms with Crippen LogP contribution in [-0.4, -0.2) is 19.5 Å². The zero-order valence-corrected chi connectivity index (χ0v) is 32.1. The fourth-order valence-corrected chi connectivity index (χ4v) is 8.42. The van der Waals surface area contributed by atoms with Crippen molar-refractivity contribution in [1.29, 1.82) is 0 Å². The van der Waals surface area contributed by atoms with Gasteiger partial charge < -0.3 is 4.57 Å². The third kappa shape index (κ3) is 6.24. The molecule has 11 rings (SSSR count). The lowest BCUT2D eigenvalue weighted by atomic mass is 9.92. The number of benzene rings is 9. The van der Waals surface area contributed by atoms with Gasteiger partial charge in [0.25, 0.3) is 0 Å². The second-order valence-electron chi connectivity index (χ2n) is 14.8. The maximum absolute atomic E-state index is 5.28. The molecule has 4 heteroatoms. The largest absolute Gasteiger partial charge is 0.309 e. The van der Waals surface area contributed by atoms with Gasteiger partial charge in [-0.3, -0.25) is 0 Å². The number of rotatable bonds is 7. The summed E-state index contributed by atoms with van der Waals surface area (Å²) in [6.07, 6.45) is 0. The lowest BCUT2D eigenvalue weighted by molar-refractivity contribution is 1.07. The summed E-state index contributed by atoms with van der Waals surface area (Å²) in [5.74, 6) is 1.87. The van der Waals surface area contributed by atoms with Gasteiger partial charge in [-0.15, -0.1) is 0 Å². The van der Waals surface area contributed by atoms with Gasteiger partial charge in [0.1, 0.15) is 0 Å². The lowest BCUT2D eigenvalue weighted by Crippen LogP contribution is -2.02. The second-order valence-corrected chi connectivity index (χ2v) is 14.8. The Labute approximate surface area is 342 Å². The van der Waals surface area contributed by atoms with E-state index in [9.17, 15) is 0 Å². The van der Waals surface area contributed by atoms with Crippen molar-refractivity contribution >= 4 is 32.6 Å².